The van der Waals surface area contributed by atoms with Gasteiger partial charge in [0.2, 0.25) is 15.9 Å². The maximum Gasteiger partial charge on any atom is 0.246 e. The fourth-order valence-corrected chi connectivity index (χ4v) is 3.90. The van der Waals surface area contributed by atoms with Gasteiger partial charge in [0, 0.05) is 32.3 Å². The van der Waals surface area contributed by atoms with Gasteiger partial charge >= 0.3 is 0 Å². The van der Waals surface area contributed by atoms with E-state index in [9.17, 15) is 13.2 Å². The van der Waals surface area contributed by atoms with Gasteiger partial charge in [-0.05, 0) is 37.6 Å². The van der Waals surface area contributed by atoms with E-state index in [2.05, 4.69) is 0 Å². The van der Waals surface area contributed by atoms with Crippen LogP contribution in [0.3, 0.4) is 0 Å². The highest BCUT2D eigenvalue weighted by molar-refractivity contribution is 7.89. The van der Waals surface area contributed by atoms with E-state index in [1.165, 1.54) is 10.4 Å². The van der Waals surface area contributed by atoms with Crippen LogP contribution in [0.2, 0.25) is 0 Å². The minimum absolute atomic E-state index is 0.0509. The van der Waals surface area contributed by atoms with Crippen molar-refractivity contribution in [3.05, 3.63) is 35.9 Å². The average Bonchev–Trinajstić information content (AvgIpc) is 2.62. The summed E-state index contributed by atoms with van der Waals surface area (Å²) in [5.74, 6) is -0.0509. The largest absolute Gasteiger partial charge is 0.379 e. The lowest BCUT2D eigenvalue weighted by Crippen LogP contribution is -2.40. The number of likely N-dealkylation sites (N-methyl/N-ethyl adjacent to an activating group) is 1. The van der Waals surface area contributed by atoms with Crippen molar-refractivity contribution in [2.24, 2.45) is 0 Å². The number of amides is 1. The first-order valence-corrected chi connectivity index (χ1v) is 9.58. The Morgan fingerprint density at radius 1 is 1.17 bits per heavy atom. The first-order valence-electron chi connectivity index (χ1n) is 8.14. The summed E-state index contributed by atoms with van der Waals surface area (Å²) in [5.41, 5.74) is 0.788. The molecule has 7 heteroatoms. The SMILES string of the molecule is CCN(CC)C(=O)/C=C/c1ccc(S(=O)(=O)N2CCOCC2)cc1. The summed E-state index contributed by atoms with van der Waals surface area (Å²) in [6, 6.07) is 6.57. The summed E-state index contributed by atoms with van der Waals surface area (Å²) in [7, 11) is -3.48. The normalized spacial score (nSPS) is 16.4. The summed E-state index contributed by atoms with van der Waals surface area (Å²) in [6.07, 6.45) is 3.21. The van der Waals surface area contributed by atoms with Crippen molar-refractivity contribution in [2.45, 2.75) is 18.7 Å². The summed E-state index contributed by atoms with van der Waals surface area (Å²) >= 11 is 0. The van der Waals surface area contributed by atoms with Crippen molar-refractivity contribution in [1.82, 2.24) is 9.21 Å². The molecule has 1 amide bonds. The number of ether oxygens (including phenoxy) is 1. The Kier molecular flexibility index (Phi) is 6.53. The van der Waals surface area contributed by atoms with Gasteiger partial charge in [0.1, 0.15) is 0 Å². The van der Waals surface area contributed by atoms with Crippen LogP contribution in [0, 0.1) is 0 Å². The first kappa shape index (κ1) is 18.6. The zero-order valence-corrected chi connectivity index (χ0v) is 15.0. The third-order valence-electron chi connectivity index (χ3n) is 3.98. The minimum atomic E-state index is -3.48. The van der Waals surface area contributed by atoms with E-state index in [1.54, 1.807) is 35.2 Å². The molecule has 1 aliphatic rings. The highest BCUT2D eigenvalue weighted by atomic mass is 32.2. The van der Waals surface area contributed by atoms with Gasteiger partial charge in [-0.15, -0.1) is 0 Å². The van der Waals surface area contributed by atoms with Crippen LogP contribution < -0.4 is 0 Å². The molecule has 0 aliphatic carbocycles. The number of carbonyl (C=O) groups is 1. The molecule has 1 fully saturated rings. The highest BCUT2D eigenvalue weighted by Gasteiger charge is 2.25. The number of nitrogens with zero attached hydrogens (tertiary/aromatic N) is 2. The van der Waals surface area contributed by atoms with E-state index in [4.69, 9.17) is 4.74 Å². The van der Waals surface area contributed by atoms with Crippen LogP contribution in [0.4, 0.5) is 0 Å². The minimum Gasteiger partial charge on any atom is -0.379 e. The number of hydrogen-bond acceptors (Lipinski definition) is 4. The Hall–Kier alpha value is -1.70. The third-order valence-corrected chi connectivity index (χ3v) is 5.89. The van der Waals surface area contributed by atoms with E-state index in [-0.39, 0.29) is 10.8 Å². The number of hydrogen-bond donors (Lipinski definition) is 0. The molecule has 1 heterocycles. The second-order valence-corrected chi connectivity index (χ2v) is 7.37. The Bertz CT molecular complexity index is 673. The lowest BCUT2D eigenvalue weighted by molar-refractivity contribution is -0.125. The summed E-state index contributed by atoms with van der Waals surface area (Å²) < 4.78 is 31.7. The molecule has 0 atom stereocenters. The molecule has 0 bridgehead atoms. The standard InChI is InChI=1S/C17H24N2O4S/c1-3-18(4-2)17(20)10-7-15-5-8-16(9-6-15)24(21,22)19-11-13-23-14-12-19/h5-10H,3-4,11-14H2,1-2H3/b10-7+. The van der Waals surface area contributed by atoms with E-state index in [0.29, 0.717) is 39.4 Å². The van der Waals surface area contributed by atoms with Crippen molar-refractivity contribution in [2.75, 3.05) is 39.4 Å². The molecule has 1 saturated heterocycles. The van der Waals surface area contributed by atoms with Gasteiger partial charge < -0.3 is 9.64 Å². The lowest BCUT2D eigenvalue weighted by Gasteiger charge is -2.26. The zero-order chi connectivity index (χ0) is 17.6. The number of morpholine rings is 1. The molecule has 1 aromatic rings. The molecule has 0 unspecified atom stereocenters. The van der Waals surface area contributed by atoms with Gasteiger partial charge in [0.25, 0.3) is 0 Å². The molecular formula is C17H24N2O4S. The van der Waals surface area contributed by atoms with Crippen LogP contribution in [-0.4, -0.2) is 62.9 Å². The maximum absolute atomic E-state index is 12.5. The van der Waals surface area contributed by atoms with E-state index in [1.807, 2.05) is 13.8 Å². The fraction of sp³-hybridized carbons (Fsp3) is 0.471. The monoisotopic (exact) mass is 352 g/mol. The molecular weight excluding hydrogens is 328 g/mol. The summed E-state index contributed by atoms with van der Waals surface area (Å²) in [6.45, 7) is 6.79. The van der Waals surface area contributed by atoms with E-state index >= 15 is 0 Å². The molecule has 2 rings (SSSR count). The van der Waals surface area contributed by atoms with Crippen LogP contribution in [-0.2, 0) is 19.6 Å². The molecule has 132 valence electrons. The third kappa shape index (κ3) is 4.43. The molecule has 24 heavy (non-hydrogen) atoms. The second kappa shape index (κ2) is 8.41. The van der Waals surface area contributed by atoms with Gasteiger partial charge in [0.15, 0.2) is 0 Å². The van der Waals surface area contributed by atoms with Crippen LogP contribution in [0.5, 0.6) is 0 Å². The summed E-state index contributed by atoms with van der Waals surface area (Å²) in [4.78, 5) is 13.9. The van der Waals surface area contributed by atoms with Crippen molar-refractivity contribution in [3.63, 3.8) is 0 Å². The number of sulfonamides is 1. The summed E-state index contributed by atoms with van der Waals surface area (Å²) in [5, 5.41) is 0. The van der Waals surface area contributed by atoms with Crippen molar-refractivity contribution in [1.29, 1.82) is 0 Å². The number of carbonyl (C=O) groups excluding carboxylic acids is 1. The molecule has 1 aliphatic heterocycles. The van der Waals surface area contributed by atoms with Gasteiger partial charge in [-0.3, -0.25) is 4.79 Å². The Labute approximate surface area is 143 Å². The molecule has 0 saturated carbocycles. The molecule has 0 N–H and O–H groups in total. The van der Waals surface area contributed by atoms with Crippen molar-refractivity contribution in [3.8, 4) is 0 Å². The predicted octanol–water partition coefficient (Wildman–Crippen LogP) is 1.59. The number of benzene rings is 1. The Balaban J connectivity index is 2.08. The van der Waals surface area contributed by atoms with Crippen LogP contribution in [0.15, 0.2) is 35.2 Å². The van der Waals surface area contributed by atoms with Gasteiger partial charge in [-0.25, -0.2) is 8.42 Å². The van der Waals surface area contributed by atoms with E-state index < -0.39 is 10.0 Å². The molecule has 6 nitrogen and oxygen atoms in total. The van der Waals surface area contributed by atoms with Crippen LogP contribution in [0.25, 0.3) is 6.08 Å². The van der Waals surface area contributed by atoms with Crippen molar-refractivity contribution < 1.29 is 17.9 Å². The zero-order valence-electron chi connectivity index (χ0n) is 14.1. The second-order valence-electron chi connectivity index (χ2n) is 5.43. The van der Waals surface area contributed by atoms with Gasteiger partial charge in [0.05, 0.1) is 18.1 Å². The van der Waals surface area contributed by atoms with E-state index in [0.717, 1.165) is 5.56 Å². The highest BCUT2D eigenvalue weighted by Crippen LogP contribution is 2.18. The predicted molar refractivity (Wildman–Crippen MR) is 93.0 cm³/mol. The topological polar surface area (TPSA) is 66.9 Å². The van der Waals surface area contributed by atoms with Gasteiger partial charge in [-0.2, -0.15) is 4.31 Å². The maximum atomic E-state index is 12.5. The molecule has 1 aromatic carbocycles. The molecule has 0 aromatic heterocycles. The molecule has 0 spiro atoms. The van der Waals surface area contributed by atoms with Crippen LogP contribution in [0.1, 0.15) is 19.4 Å². The molecule has 0 radical (unpaired) electrons. The van der Waals surface area contributed by atoms with Crippen LogP contribution >= 0.6 is 0 Å². The fourth-order valence-electron chi connectivity index (χ4n) is 2.50. The quantitative estimate of drug-likeness (QED) is 0.729. The number of rotatable bonds is 6. The van der Waals surface area contributed by atoms with Gasteiger partial charge in [-0.1, -0.05) is 12.1 Å². The lowest BCUT2D eigenvalue weighted by atomic mass is 10.2. The Morgan fingerprint density at radius 2 is 1.75 bits per heavy atom. The first-order chi connectivity index (χ1) is 11.5. The Morgan fingerprint density at radius 3 is 2.29 bits per heavy atom. The average molecular weight is 352 g/mol. The van der Waals surface area contributed by atoms with Crippen molar-refractivity contribution >= 4 is 22.0 Å². The smallest absolute Gasteiger partial charge is 0.246 e.